The van der Waals surface area contributed by atoms with Gasteiger partial charge in [-0.2, -0.15) is 0 Å². The van der Waals surface area contributed by atoms with Gasteiger partial charge in [0.15, 0.2) is 6.29 Å². The standard InChI is InChI=1S/C59H111NO8/c1-3-5-7-9-11-13-15-17-18-19-20-21-22-23-24-25-26-27-28-29-30-31-32-33-34-35-37-39-41-43-45-47-49-55(63)60-52(51-67-59-58(66)57(65)56(64)54(50-61)68-59)53(62)48-46-44-42-40-38-36-16-14-12-10-8-6-4-2/h12,14,38,40,46,48,52-54,56-59,61-62,64-66H,3-11,13,15-37,39,41-45,47,49-51H2,1-2H3,(H,60,63)/b14-12+,40-38+,48-46+. The fraction of sp³-hybridized carbons (Fsp3) is 0.881. The SMILES string of the molecule is CCCCC/C=C/CC/C=C/CC/C=C/C(O)C(COC1OC(CO)C(O)C(O)C1O)NC(=O)CCCCCCCCCCCCCCCCCCCCCCCCCCCCCCCCCC. The summed E-state index contributed by atoms with van der Waals surface area (Å²) in [6.45, 7) is 3.74. The van der Waals surface area contributed by atoms with Gasteiger partial charge in [-0.25, -0.2) is 0 Å². The molecule has 7 unspecified atom stereocenters. The van der Waals surface area contributed by atoms with Crippen LogP contribution < -0.4 is 5.32 Å². The van der Waals surface area contributed by atoms with Crippen LogP contribution in [0, 0.1) is 0 Å². The number of hydrogen-bond acceptors (Lipinski definition) is 8. The van der Waals surface area contributed by atoms with Crippen molar-refractivity contribution in [2.45, 2.75) is 320 Å². The first-order valence-electron chi connectivity index (χ1n) is 29.2. The van der Waals surface area contributed by atoms with E-state index in [0.717, 1.165) is 51.4 Å². The Balaban J connectivity index is 2.11. The van der Waals surface area contributed by atoms with Crippen molar-refractivity contribution in [1.29, 1.82) is 0 Å². The zero-order valence-electron chi connectivity index (χ0n) is 44.4. The molecular formula is C59H111NO8. The topological polar surface area (TPSA) is 149 Å². The molecule has 0 spiro atoms. The van der Waals surface area contributed by atoms with Gasteiger partial charge in [0.25, 0.3) is 0 Å². The number of ether oxygens (including phenoxy) is 2. The molecule has 1 saturated heterocycles. The van der Waals surface area contributed by atoms with Gasteiger partial charge in [-0.15, -0.1) is 0 Å². The molecule has 0 aromatic rings. The van der Waals surface area contributed by atoms with Gasteiger partial charge >= 0.3 is 0 Å². The van der Waals surface area contributed by atoms with Crippen LogP contribution in [-0.4, -0.2) is 87.5 Å². The summed E-state index contributed by atoms with van der Waals surface area (Å²) in [5, 5.41) is 54.3. The second-order valence-electron chi connectivity index (χ2n) is 20.4. The third-order valence-corrected chi connectivity index (χ3v) is 13.9. The Morgan fingerprint density at radius 3 is 1.24 bits per heavy atom. The predicted octanol–water partition coefficient (Wildman–Crippen LogP) is 14.4. The van der Waals surface area contributed by atoms with E-state index in [4.69, 9.17) is 9.47 Å². The molecule has 1 aliphatic rings. The highest BCUT2D eigenvalue weighted by Crippen LogP contribution is 2.23. The average Bonchev–Trinajstić information content (AvgIpc) is 3.34. The van der Waals surface area contributed by atoms with Crippen LogP contribution in [0.5, 0.6) is 0 Å². The van der Waals surface area contributed by atoms with Crippen molar-refractivity contribution in [1.82, 2.24) is 5.32 Å². The summed E-state index contributed by atoms with van der Waals surface area (Å²) in [5.41, 5.74) is 0. The molecule has 68 heavy (non-hydrogen) atoms. The fourth-order valence-corrected chi connectivity index (χ4v) is 9.31. The van der Waals surface area contributed by atoms with Gasteiger partial charge in [0.1, 0.15) is 24.4 Å². The number of carbonyl (C=O) groups is 1. The molecule has 6 N–H and O–H groups in total. The van der Waals surface area contributed by atoms with E-state index in [0.29, 0.717) is 6.42 Å². The second-order valence-corrected chi connectivity index (χ2v) is 20.4. The lowest BCUT2D eigenvalue weighted by molar-refractivity contribution is -0.302. The third-order valence-electron chi connectivity index (χ3n) is 13.9. The molecule has 1 amide bonds. The first kappa shape index (κ1) is 64.4. The van der Waals surface area contributed by atoms with E-state index in [2.05, 4.69) is 43.5 Å². The molecule has 0 bridgehead atoms. The Kier molecular flexibility index (Phi) is 46.4. The largest absolute Gasteiger partial charge is 0.394 e. The Bertz CT molecular complexity index is 1160. The van der Waals surface area contributed by atoms with E-state index < -0.39 is 49.5 Å². The van der Waals surface area contributed by atoms with Crippen molar-refractivity contribution in [2.75, 3.05) is 13.2 Å². The number of carbonyl (C=O) groups excluding carboxylic acids is 1. The summed E-state index contributed by atoms with van der Waals surface area (Å²) in [6.07, 6.45) is 56.7. The van der Waals surface area contributed by atoms with Gasteiger partial charge < -0.3 is 40.3 Å². The quantitative estimate of drug-likeness (QED) is 0.0261. The molecule has 1 fully saturated rings. The zero-order chi connectivity index (χ0) is 49.4. The molecule has 0 aliphatic carbocycles. The van der Waals surface area contributed by atoms with Crippen LogP contribution >= 0.6 is 0 Å². The van der Waals surface area contributed by atoms with Gasteiger partial charge in [0, 0.05) is 6.42 Å². The summed E-state index contributed by atoms with van der Waals surface area (Å²) in [7, 11) is 0. The van der Waals surface area contributed by atoms with Crippen LogP contribution in [0.1, 0.15) is 277 Å². The van der Waals surface area contributed by atoms with Gasteiger partial charge in [-0.1, -0.05) is 262 Å². The van der Waals surface area contributed by atoms with Crippen LogP contribution in [0.3, 0.4) is 0 Å². The van der Waals surface area contributed by atoms with Gasteiger partial charge in [-0.3, -0.25) is 4.79 Å². The van der Waals surface area contributed by atoms with Gasteiger partial charge in [0.2, 0.25) is 5.91 Å². The fourth-order valence-electron chi connectivity index (χ4n) is 9.31. The predicted molar refractivity (Wildman–Crippen MR) is 286 cm³/mol. The van der Waals surface area contributed by atoms with Crippen LogP contribution in [-0.2, 0) is 14.3 Å². The third kappa shape index (κ3) is 38.1. The maximum atomic E-state index is 13.0. The van der Waals surface area contributed by atoms with Gasteiger partial charge in [-0.05, 0) is 44.9 Å². The van der Waals surface area contributed by atoms with Gasteiger partial charge in [0.05, 0.1) is 25.4 Å². The Morgan fingerprint density at radius 2 is 0.838 bits per heavy atom. The molecule has 400 valence electrons. The van der Waals surface area contributed by atoms with E-state index in [1.807, 2.05) is 6.08 Å². The molecule has 0 aromatic carbocycles. The number of allylic oxidation sites excluding steroid dienone is 5. The molecule has 1 aliphatic heterocycles. The van der Waals surface area contributed by atoms with E-state index in [-0.39, 0.29) is 12.5 Å². The van der Waals surface area contributed by atoms with E-state index in [9.17, 15) is 30.3 Å². The number of aliphatic hydroxyl groups excluding tert-OH is 5. The van der Waals surface area contributed by atoms with Crippen molar-refractivity contribution < 1.29 is 39.8 Å². The number of nitrogens with one attached hydrogen (secondary N) is 1. The molecule has 1 heterocycles. The Morgan fingerprint density at radius 1 is 0.485 bits per heavy atom. The number of rotatable bonds is 50. The van der Waals surface area contributed by atoms with Crippen LogP contribution in [0.2, 0.25) is 0 Å². The lowest BCUT2D eigenvalue weighted by Gasteiger charge is -2.40. The van der Waals surface area contributed by atoms with Crippen LogP contribution in [0.25, 0.3) is 0 Å². The van der Waals surface area contributed by atoms with Crippen molar-refractivity contribution >= 4 is 5.91 Å². The van der Waals surface area contributed by atoms with Crippen molar-refractivity contribution in [3.05, 3.63) is 36.5 Å². The highest BCUT2D eigenvalue weighted by Gasteiger charge is 2.44. The summed E-state index contributed by atoms with van der Waals surface area (Å²) < 4.78 is 11.2. The number of aliphatic hydroxyl groups is 5. The Hall–Kier alpha value is -1.59. The monoisotopic (exact) mass is 962 g/mol. The minimum Gasteiger partial charge on any atom is -0.394 e. The number of amides is 1. The smallest absolute Gasteiger partial charge is 0.220 e. The van der Waals surface area contributed by atoms with Crippen molar-refractivity contribution in [3.8, 4) is 0 Å². The summed E-state index contributed by atoms with van der Waals surface area (Å²) in [6, 6.07) is -0.825. The molecule has 9 nitrogen and oxygen atoms in total. The average molecular weight is 963 g/mol. The number of unbranched alkanes of at least 4 members (excludes halogenated alkanes) is 36. The molecule has 0 radical (unpaired) electrons. The minimum atomic E-state index is -1.57. The molecule has 0 saturated carbocycles. The molecule has 0 aromatic heterocycles. The maximum absolute atomic E-state index is 13.0. The lowest BCUT2D eigenvalue weighted by atomic mass is 9.99. The molecule has 1 rings (SSSR count). The van der Waals surface area contributed by atoms with Crippen molar-refractivity contribution in [2.24, 2.45) is 0 Å². The summed E-state index contributed by atoms with van der Waals surface area (Å²) in [4.78, 5) is 13.0. The highest BCUT2D eigenvalue weighted by molar-refractivity contribution is 5.76. The lowest BCUT2D eigenvalue weighted by Crippen LogP contribution is -2.60. The molecular weight excluding hydrogens is 851 g/mol. The Labute approximate surface area is 419 Å². The molecule has 7 atom stereocenters. The second kappa shape index (κ2) is 49.0. The summed E-state index contributed by atoms with van der Waals surface area (Å²) >= 11 is 0. The van der Waals surface area contributed by atoms with E-state index >= 15 is 0 Å². The van der Waals surface area contributed by atoms with Crippen LogP contribution in [0.4, 0.5) is 0 Å². The first-order chi connectivity index (χ1) is 33.3. The summed E-state index contributed by atoms with van der Waals surface area (Å²) in [5.74, 6) is -0.187. The highest BCUT2D eigenvalue weighted by atomic mass is 16.7. The molecule has 9 heteroatoms. The maximum Gasteiger partial charge on any atom is 0.220 e. The first-order valence-corrected chi connectivity index (χ1v) is 29.2. The van der Waals surface area contributed by atoms with E-state index in [1.54, 1.807) is 6.08 Å². The number of hydrogen-bond donors (Lipinski definition) is 6. The minimum absolute atomic E-state index is 0.187. The van der Waals surface area contributed by atoms with Crippen molar-refractivity contribution in [3.63, 3.8) is 0 Å². The zero-order valence-corrected chi connectivity index (χ0v) is 44.4. The normalized spacial score (nSPS) is 19.8. The van der Waals surface area contributed by atoms with Crippen LogP contribution in [0.15, 0.2) is 36.5 Å². The van der Waals surface area contributed by atoms with E-state index in [1.165, 1.54) is 205 Å².